The Morgan fingerprint density at radius 2 is 2.19 bits per heavy atom. The Balaban J connectivity index is 2.06. The van der Waals surface area contributed by atoms with Crippen molar-refractivity contribution >= 4 is 22.4 Å². The number of aliphatic carboxylic acids is 1. The van der Waals surface area contributed by atoms with Gasteiger partial charge in [-0.15, -0.1) is 11.3 Å². The number of carbonyl (C=O) groups is 1. The fourth-order valence-corrected chi connectivity index (χ4v) is 2.59. The van der Waals surface area contributed by atoms with Crippen LogP contribution in [0.3, 0.4) is 0 Å². The van der Waals surface area contributed by atoms with Crippen LogP contribution in [0.5, 0.6) is 11.5 Å². The van der Waals surface area contributed by atoms with Crippen molar-refractivity contribution in [3.05, 3.63) is 34.8 Å². The second-order valence-corrected chi connectivity index (χ2v) is 5.06. The minimum Gasteiger partial charge on any atom is -0.550 e. The molecule has 1 N–H and O–H groups in total. The number of nitrogens with zero attached hydrogens (tertiary/aromatic N) is 1. The zero-order valence-corrected chi connectivity index (χ0v) is 12.5. The number of carboxylic acid groups (broad SMARTS) is 1. The molecular weight excluding hydrogens is 292 g/mol. The van der Waals surface area contributed by atoms with E-state index in [2.05, 4.69) is 10.3 Å². The zero-order chi connectivity index (χ0) is 15.2. The van der Waals surface area contributed by atoms with E-state index >= 15 is 0 Å². The van der Waals surface area contributed by atoms with Crippen LogP contribution < -0.4 is 19.9 Å². The van der Waals surface area contributed by atoms with Crippen LogP contribution in [-0.4, -0.2) is 25.2 Å². The first-order valence-corrected chi connectivity index (χ1v) is 7.10. The summed E-state index contributed by atoms with van der Waals surface area (Å²) in [5.74, 6) is 0.189. The van der Waals surface area contributed by atoms with Crippen LogP contribution in [-0.2, 0) is 17.8 Å². The lowest BCUT2D eigenvalue weighted by molar-refractivity contribution is -0.304. The van der Waals surface area contributed by atoms with E-state index in [1.54, 1.807) is 19.6 Å². The summed E-state index contributed by atoms with van der Waals surface area (Å²) in [6.07, 6.45) is -0.180. The van der Waals surface area contributed by atoms with E-state index in [-0.39, 0.29) is 6.42 Å². The summed E-state index contributed by atoms with van der Waals surface area (Å²) < 4.78 is 10.6. The minimum absolute atomic E-state index is 0.180. The third kappa shape index (κ3) is 3.85. The van der Waals surface area contributed by atoms with Gasteiger partial charge in [0.25, 0.3) is 0 Å². The lowest BCUT2D eigenvalue weighted by Crippen LogP contribution is -2.24. The van der Waals surface area contributed by atoms with Gasteiger partial charge in [-0.2, -0.15) is 0 Å². The summed E-state index contributed by atoms with van der Waals surface area (Å²) in [6, 6.07) is 5.62. The van der Waals surface area contributed by atoms with E-state index in [1.807, 2.05) is 18.2 Å². The third-order valence-electron chi connectivity index (χ3n) is 2.79. The van der Waals surface area contributed by atoms with Gasteiger partial charge in [-0.25, -0.2) is 4.98 Å². The molecule has 0 aliphatic carbocycles. The molecule has 21 heavy (non-hydrogen) atoms. The number of ether oxygens (including phenoxy) is 2. The van der Waals surface area contributed by atoms with E-state index in [0.717, 1.165) is 5.56 Å². The van der Waals surface area contributed by atoms with Gasteiger partial charge in [-0.1, -0.05) is 12.1 Å². The van der Waals surface area contributed by atoms with Crippen LogP contribution in [0.2, 0.25) is 0 Å². The number of aromatic nitrogens is 1. The van der Waals surface area contributed by atoms with Crippen LogP contribution >= 0.6 is 11.3 Å². The second kappa shape index (κ2) is 6.94. The highest BCUT2D eigenvalue weighted by Crippen LogP contribution is 2.31. The maximum absolute atomic E-state index is 10.5. The topological polar surface area (TPSA) is 83.5 Å². The molecule has 7 heteroatoms. The first kappa shape index (κ1) is 15.1. The number of carbonyl (C=O) groups excluding carboxylic acids is 1. The molecule has 1 heterocycles. The summed E-state index contributed by atoms with van der Waals surface area (Å²) >= 11 is 1.35. The van der Waals surface area contributed by atoms with E-state index in [4.69, 9.17) is 9.47 Å². The SMILES string of the molecule is COc1cccc(CNc2nc(CC(=O)[O-])cs2)c1OC. The zero-order valence-electron chi connectivity index (χ0n) is 11.7. The molecule has 112 valence electrons. The highest BCUT2D eigenvalue weighted by molar-refractivity contribution is 7.13. The van der Waals surface area contributed by atoms with Gasteiger partial charge in [-0.3, -0.25) is 0 Å². The van der Waals surface area contributed by atoms with Crippen LogP contribution in [0.15, 0.2) is 23.6 Å². The molecule has 0 atom stereocenters. The second-order valence-electron chi connectivity index (χ2n) is 4.20. The Hall–Kier alpha value is -2.28. The van der Waals surface area contributed by atoms with E-state index in [9.17, 15) is 9.90 Å². The molecule has 0 radical (unpaired) electrons. The fourth-order valence-electron chi connectivity index (χ4n) is 1.88. The number of thiazole rings is 1. The van der Waals surface area contributed by atoms with E-state index in [0.29, 0.717) is 28.9 Å². The summed E-state index contributed by atoms with van der Waals surface area (Å²) in [5.41, 5.74) is 1.41. The number of anilines is 1. The Morgan fingerprint density at radius 3 is 2.86 bits per heavy atom. The molecule has 0 saturated heterocycles. The number of hydrogen-bond acceptors (Lipinski definition) is 7. The van der Waals surface area contributed by atoms with Crippen molar-refractivity contribution in [2.45, 2.75) is 13.0 Å². The normalized spacial score (nSPS) is 10.2. The van der Waals surface area contributed by atoms with Gasteiger partial charge in [0.15, 0.2) is 16.6 Å². The summed E-state index contributed by atoms with van der Waals surface area (Å²) in [7, 11) is 3.17. The van der Waals surface area contributed by atoms with Gasteiger partial charge in [0.05, 0.1) is 19.9 Å². The van der Waals surface area contributed by atoms with Crippen molar-refractivity contribution in [1.82, 2.24) is 4.98 Å². The first-order chi connectivity index (χ1) is 10.1. The molecule has 0 saturated carbocycles. The predicted molar refractivity (Wildman–Crippen MR) is 77.7 cm³/mol. The van der Waals surface area contributed by atoms with Crippen molar-refractivity contribution in [1.29, 1.82) is 0 Å². The average Bonchev–Trinajstić information content (AvgIpc) is 2.91. The quantitative estimate of drug-likeness (QED) is 0.823. The van der Waals surface area contributed by atoms with Crippen LogP contribution in [0, 0.1) is 0 Å². The van der Waals surface area contributed by atoms with Gasteiger partial charge in [0.2, 0.25) is 0 Å². The molecule has 0 fully saturated rings. The molecule has 0 spiro atoms. The largest absolute Gasteiger partial charge is 0.550 e. The summed E-state index contributed by atoms with van der Waals surface area (Å²) in [4.78, 5) is 14.7. The molecule has 0 aliphatic rings. The maximum atomic E-state index is 10.5. The maximum Gasteiger partial charge on any atom is 0.183 e. The van der Waals surface area contributed by atoms with Gasteiger partial charge in [0.1, 0.15) is 0 Å². The highest BCUT2D eigenvalue weighted by atomic mass is 32.1. The number of para-hydroxylation sites is 1. The van der Waals surface area contributed by atoms with Crippen molar-refractivity contribution < 1.29 is 19.4 Å². The monoisotopic (exact) mass is 307 g/mol. The number of hydrogen-bond donors (Lipinski definition) is 1. The number of methoxy groups -OCH3 is 2. The lowest BCUT2D eigenvalue weighted by Gasteiger charge is -2.12. The molecular formula is C14H15N2O4S-. The van der Waals surface area contributed by atoms with E-state index < -0.39 is 5.97 Å². The molecule has 1 aromatic heterocycles. The predicted octanol–water partition coefficient (Wildman–Crippen LogP) is 1.06. The standard InChI is InChI=1S/C14H16N2O4S/c1-19-11-5-3-4-9(13(11)20-2)7-15-14-16-10(8-21-14)6-12(17)18/h3-5,8H,6-7H2,1-2H3,(H,15,16)(H,17,18)/p-1. The van der Waals surface area contributed by atoms with Gasteiger partial charge < -0.3 is 24.7 Å². The molecule has 2 rings (SSSR count). The summed E-state index contributed by atoms with van der Waals surface area (Å²) in [5, 5.41) is 16.0. The van der Waals surface area contributed by atoms with Crippen molar-refractivity contribution in [3.63, 3.8) is 0 Å². The number of rotatable bonds is 7. The summed E-state index contributed by atoms with van der Waals surface area (Å²) in [6.45, 7) is 0.499. The number of carboxylic acids is 1. The van der Waals surface area contributed by atoms with Crippen molar-refractivity contribution in [2.24, 2.45) is 0 Å². The number of nitrogens with one attached hydrogen (secondary N) is 1. The molecule has 0 aliphatic heterocycles. The Labute approximate surface area is 126 Å². The van der Waals surface area contributed by atoms with E-state index in [1.165, 1.54) is 11.3 Å². The van der Waals surface area contributed by atoms with Crippen LogP contribution in [0.1, 0.15) is 11.3 Å². The fraction of sp³-hybridized carbons (Fsp3) is 0.286. The Bertz CT molecular complexity index is 627. The van der Waals surface area contributed by atoms with Crippen LogP contribution in [0.4, 0.5) is 5.13 Å². The Morgan fingerprint density at radius 1 is 1.38 bits per heavy atom. The smallest absolute Gasteiger partial charge is 0.183 e. The minimum atomic E-state index is -1.14. The van der Waals surface area contributed by atoms with Crippen molar-refractivity contribution in [2.75, 3.05) is 19.5 Å². The average molecular weight is 307 g/mol. The highest BCUT2D eigenvalue weighted by Gasteiger charge is 2.10. The molecule has 1 aromatic carbocycles. The lowest BCUT2D eigenvalue weighted by atomic mass is 10.2. The molecule has 2 aromatic rings. The molecule has 0 unspecified atom stereocenters. The third-order valence-corrected chi connectivity index (χ3v) is 3.64. The van der Waals surface area contributed by atoms with Gasteiger partial charge in [0, 0.05) is 29.9 Å². The molecule has 6 nitrogen and oxygen atoms in total. The first-order valence-electron chi connectivity index (χ1n) is 6.22. The Kier molecular flexibility index (Phi) is 4.99. The molecule has 0 bridgehead atoms. The number of benzene rings is 1. The molecule has 0 amide bonds. The van der Waals surface area contributed by atoms with Crippen molar-refractivity contribution in [3.8, 4) is 11.5 Å². The van der Waals surface area contributed by atoms with Gasteiger partial charge >= 0.3 is 0 Å². The van der Waals surface area contributed by atoms with Gasteiger partial charge in [-0.05, 0) is 6.07 Å². The van der Waals surface area contributed by atoms with Crippen LogP contribution in [0.25, 0.3) is 0 Å².